The van der Waals surface area contributed by atoms with Gasteiger partial charge < -0.3 is 29.4 Å². The van der Waals surface area contributed by atoms with Crippen LogP contribution in [0.15, 0.2) is 177 Å². The lowest BCUT2D eigenvalue weighted by Crippen LogP contribution is -2.46. The Balaban J connectivity index is 0.000000147. The first-order chi connectivity index (χ1) is 32.4. The average molecular weight is 889 g/mol. The summed E-state index contributed by atoms with van der Waals surface area (Å²) in [7, 11) is 0. The van der Waals surface area contributed by atoms with Crippen LogP contribution in [0.5, 0.6) is 0 Å². The molecular formula is C48H48N12O6. The lowest BCUT2D eigenvalue weighted by molar-refractivity contribution is 0.653. The van der Waals surface area contributed by atoms with Gasteiger partial charge in [-0.1, -0.05) is 0 Å². The Morgan fingerprint density at radius 3 is 0.394 bits per heavy atom. The minimum atomic E-state index is 0.450. The van der Waals surface area contributed by atoms with Crippen molar-refractivity contribution in [2.24, 2.45) is 31.1 Å². The highest BCUT2D eigenvalue weighted by Crippen LogP contribution is 2.28. The molecule has 0 bridgehead atoms. The summed E-state index contributed by atoms with van der Waals surface area (Å²) in [6.07, 6.45) is 0. The van der Waals surface area contributed by atoms with Crippen molar-refractivity contribution in [3.05, 3.63) is 175 Å². The average Bonchev–Trinajstić information content (AvgIpc) is 3.41. The van der Waals surface area contributed by atoms with Crippen LogP contribution in [0.3, 0.4) is 0 Å². The smallest absolute Gasteiger partial charge is 0.108 e. The highest BCUT2D eigenvalue weighted by Gasteiger charge is 2.20. The Morgan fingerprint density at radius 2 is 0.303 bits per heavy atom. The molecule has 6 aromatic carbocycles. The van der Waals surface area contributed by atoms with E-state index < -0.39 is 0 Å². The lowest BCUT2D eigenvalue weighted by atomic mass is 10.2. The van der Waals surface area contributed by atoms with E-state index in [2.05, 4.69) is 60.5 Å². The van der Waals surface area contributed by atoms with Gasteiger partial charge in [-0.15, -0.1) is 29.4 Å². The van der Waals surface area contributed by atoms with Gasteiger partial charge in [0.2, 0.25) is 0 Å². The van der Waals surface area contributed by atoms with Crippen molar-refractivity contribution >= 4 is 68.2 Å². The van der Waals surface area contributed by atoms with Gasteiger partial charge in [0, 0.05) is 113 Å². The maximum atomic E-state index is 10.4. The third-order valence-electron chi connectivity index (χ3n) is 11.8. The fourth-order valence-electron chi connectivity index (χ4n) is 8.01. The monoisotopic (exact) mass is 888 g/mol. The summed E-state index contributed by atoms with van der Waals surface area (Å²) in [5.41, 5.74) is 9.33. The number of benzene rings is 6. The lowest BCUT2D eigenvalue weighted by Gasteiger charge is -2.37. The molecule has 18 nitrogen and oxygen atoms in total. The maximum Gasteiger partial charge on any atom is 0.108 e. The van der Waals surface area contributed by atoms with E-state index in [1.54, 1.807) is 72.8 Å². The van der Waals surface area contributed by atoms with Crippen molar-refractivity contribution < 1.29 is 0 Å². The zero-order chi connectivity index (χ0) is 46.1. The molecule has 6 aromatic rings. The highest BCUT2D eigenvalue weighted by molar-refractivity contribution is 5.60. The molecule has 0 saturated carbocycles. The van der Waals surface area contributed by atoms with Crippen LogP contribution in [0.2, 0.25) is 0 Å². The van der Waals surface area contributed by atoms with Gasteiger partial charge in [0.1, 0.15) is 34.1 Å². The molecule has 336 valence electrons. The van der Waals surface area contributed by atoms with Crippen molar-refractivity contribution in [2.45, 2.75) is 0 Å². The summed E-state index contributed by atoms with van der Waals surface area (Å²) in [5, 5.41) is 17.5. The van der Waals surface area contributed by atoms with Gasteiger partial charge in [-0.3, -0.25) is 0 Å². The summed E-state index contributed by atoms with van der Waals surface area (Å²) < 4.78 is 0. The molecule has 0 aromatic heterocycles. The zero-order valence-electron chi connectivity index (χ0n) is 36.2. The van der Waals surface area contributed by atoms with E-state index in [9.17, 15) is 29.4 Å². The second kappa shape index (κ2) is 22.9. The van der Waals surface area contributed by atoms with Crippen molar-refractivity contribution in [1.82, 2.24) is 0 Å². The summed E-state index contributed by atoms with van der Waals surface area (Å²) in [5.74, 6) is 0. The third-order valence-corrected chi connectivity index (χ3v) is 11.8. The number of anilines is 6. The Kier molecular flexibility index (Phi) is 15.9. The molecule has 0 spiro atoms. The van der Waals surface area contributed by atoms with Gasteiger partial charge in [-0.05, 0) is 177 Å². The SMILES string of the molecule is O=Nc1ccc(N2CCN(c3ccc(N=O)cc3)CC2)cc1.O=Nc1ccc(N2CCN(c3ccc(N=O)cc3)CC2)cc1.O=Nc1ccc(N2CCN(c3ccc(N=O)cc3)CC2)cc1. The molecule has 0 radical (unpaired) electrons. The van der Waals surface area contributed by atoms with E-state index in [-0.39, 0.29) is 0 Å². The summed E-state index contributed by atoms with van der Waals surface area (Å²) in [6.45, 7) is 10.9. The normalized spacial score (nSPS) is 14.7. The van der Waals surface area contributed by atoms with E-state index in [0.29, 0.717) is 34.1 Å². The number of hydrogen-bond acceptors (Lipinski definition) is 18. The van der Waals surface area contributed by atoms with Crippen molar-refractivity contribution in [2.75, 3.05) is 108 Å². The molecule has 3 fully saturated rings. The minimum Gasteiger partial charge on any atom is -0.368 e. The fraction of sp³-hybridized carbons (Fsp3) is 0.250. The van der Waals surface area contributed by atoms with E-state index in [1.165, 1.54) is 0 Å². The summed E-state index contributed by atoms with van der Waals surface area (Å²) >= 11 is 0. The standard InChI is InChI=1S/3C16H16N4O2/c3*21-17-13-1-5-15(6-2-13)19-9-11-20(12-10-19)16-7-3-14(18-22)4-8-16/h3*1-8H,9-12H2. The molecule has 18 heteroatoms. The third kappa shape index (κ3) is 12.0. The van der Waals surface area contributed by atoms with E-state index in [1.807, 2.05) is 72.8 Å². The van der Waals surface area contributed by atoms with Gasteiger partial charge >= 0.3 is 0 Å². The quantitative estimate of drug-likeness (QED) is 0.106. The van der Waals surface area contributed by atoms with Crippen molar-refractivity contribution in [3.8, 4) is 0 Å². The second-order valence-corrected chi connectivity index (χ2v) is 15.6. The second-order valence-electron chi connectivity index (χ2n) is 15.6. The fourth-order valence-corrected chi connectivity index (χ4v) is 8.01. The van der Waals surface area contributed by atoms with Crippen LogP contribution in [0, 0.1) is 29.4 Å². The Hall–Kier alpha value is -8.28. The largest absolute Gasteiger partial charge is 0.368 e. The van der Waals surface area contributed by atoms with E-state index in [4.69, 9.17) is 0 Å². The van der Waals surface area contributed by atoms with Crippen LogP contribution in [0.25, 0.3) is 0 Å². The molecular weight excluding hydrogens is 841 g/mol. The highest BCUT2D eigenvalue weighted by atomic mass is 16.3. The number of piperazine rings is 3. The van der Waals surface area contributed by atoms with Gasteiger partial charge in [-0.25, -0.2) is 0 Å². The predicted molar refractivity (Wildman–Crippen MR) is 265 cm³/mol. The van der Waals surface area contributed by atoms with Crippen molar-refractivity contribution in [1.29, 1.82) is 0 Å². The van der Waals surface area contributed by atoms with Gasteiger partial charge in [0.05, 0.1) is 0 Å². The van der Waals surface area contributed by atoms with Gasteiger partial charge in [-0.2, -0.15) is 0 Å². The molecule has 0 unspecified atom stereocenters. The molecule has 3 saturated heterocycles. The molecule has 66 heavy (non-hydrogen) atoms. The Bertz CT molecular complexity index is 2040. The molecule has 9 rings (SSSR count). The van der Waals surface area contributed by atoms with Crippen LogP contribution < -0.4 is 29.4 Å². The number of nitroso groups, excluding NO2 is 6. The number of rotatable bonds is 12. The molecule has 0 atom stereocenters. The molecule has 0 amide bonds. The van der Waals surface area contributed by atoms with Gasteiger partial charge in [0.25, 0.3) is 0 Å². The van der Waals surface area contributed by atoms with Crippen molar-refractivity contribution in [3.63, 3.8) is 0 Å². The number of hydrogen-bond donors (Lipinski definition) is 0. The van der Waals surface area contributed by atoms with Crippen LogP contribution in [0.1, 0.15) is 0 Å². The summed E-state index contributed by atoms with van der Waals surface area (Å²) in [4.78, 5) is 76.4. The first-order valence-electron chi connectivity index (χ1n) is 21.5. The summed E-state index contributed by atoms with van der Waals surface area (Å²) in [6, 6.07) is 44.0. The Labute approximate surface area is 381 Å². The molecule has 0 N–H and O–H groups in total. The van der Waals surface area contributed by atoms with E-state index >= 15 is 0 Å². The molecule has 0 aliphatic carbocycles. The topological polar surface area (TPSA) is 196 Å². The van der Waals surface area contributed by atoms with Gasteiger partial charge in [0.15, 0.2) is 0 Å². The Morgan fingerprint density at radius 1 is 0.197 bits per heavy atom. The minimum absolute atomic E-state index is 0.450. The predicted octanol–water partition coefficient (Wildman–Crippen LogP) is 11.4. The van der Waals surface area contributed by atoms with Crippen LogP contribution >= 0.6 is 0 Å². The molecule has 3 heterocycles. The van der Waals surface area contributed by atoms with E-state index in [0.717, 1.165) is 113 Å². The van der Waals surface area contributed by atoms with Crippen LogP contribution in [-0.4, -0.2) is 78.5 Å². The zero-order valence-corrected chi connectivity index (χ0v) is 36.2. The first-order valence-corrected chi connectivity index (χ1v) is 21.5. The maximum absolute atomic E-state index is 10.4. The first kappa shape index (κ1) is 45.7. The van der Waals surface area contributed by atoms with Crippen LogP contribution in [0.4, 0.5) is 68.2 Å². The van der Waals surface area contributed by atoms with Crippen LogP contribution in [-0.2, 0) is 0 Å². The number of nitrogens with zero attached hydrogens (tertiary/aromatic N) is 12. The molecule has 3 aliphatic heterocycles. The molecule has 3 aliphatic rings.